The molecule has 0 aromatic heterocycles. The van der Waals surface area contributed by atoms with E-state index >= 15 is 0 Å². The third kappa shape index (κ3) is 3.44. The summed E-state index contributed by atoms with van der Waals surface area (Å²) in [4.78, 5) is 5.00. The molecule has 1 N–H and O–H groups in total. The van der Waals surface area contributed by atoms with Gasteiger partial charge in [-0.15, -0.1) is 0 Å². The summed E-state index contributed by atoms with van der Waals surface area (Å²) >= 11 is 0. The first-order chi connectivity index (χ1) is 7.75. The lowest BCUT2D eigenvalue weighted by Gasteiger charge is -2.40. The molecule has 3 nitrogen and oxygen atoms in total. The fourth-order valence-electron chi connectivity index (χ4n) is 3.11. The molecule has 0 spiro atoms. The smallest absolute Gasteiger partial charge is 0.0597 e. The molecule has 1 atom stereocenters. The molecule has 2 saturated heterocycles. The molecule has 0 saturated carbocycles. The van der Waals surface area contributed by atoms with E-state index in [1.165, 1.54) is 58.3 Å². The van der Waals surface area contributed by atoms with Crippen molar-refractivity contribution in [2.45, 2.75) is 38.3 Å². The number of nitrogens with zero attached hydrogens (tertiary/aromatic N) is 2. The fraction of sp³-hybridized carbons (Fsp3) is 1.00. The lowest BCUT2D eigenvalue weighted by atomic mass is 9.95. The predicted molar refractivity (Wildman–Crippen MR) is 68.5 cm³/mol. The Kier molecular flexibility index (Phi) is 4.62. The minimum Gasteiger partial charge on any atom is -0.309 e. The number of hydrogen-bond donors (Lipinski definition) is 1. The van der Waals surface area contributed by atoms with Gasteiger partial charge in [-0.1, -0.05) is 0 Å². The summed E-state index contributed by atoms with van der Waals surface area (Å²) in [6.45, 7) is 5.10. The highest BCUT2D eigenvalue weighted by Crippen LogP contribution is 2.21. The van der Waals surface area contributed by atoms with Gasteiger partial charge in [0.1, 0.15) is 0 Å². The third-order valence-electron chi connectivity index (χ3n) is 4.00. The molecule has 2 fully saturated rings. The van der Waals surface area contributed by atoms with Crippen molar-refractivity contribution in [2.75, 3.05) is 40.3 Å². The molecule has 0 amide bonds. The van der Waals surface area contributed by atoms with Crippen molar-refractivity contribution in [3.63, 3.8) is 0 Å². The quantitative estimate of drug-likeness (QED) is 0.782. The summed E-state index contributed by atoms with van der Waals surface area (Å²) in [7, 11) is 4.38. The predicted octanol–water partition coefficient (Wildman–Crippen LogP) is 1.36. The number of nitrogens with one attached hydrogen (secondary N) is 1. The Bertz CT molecular complexity index is 191. The van der Waals surface area contributed by atoms with Gasteiger partial charge in [0.15, 0.2) is 0 Å². The maximum Gasteiger partial charge on any atom is 0.0597 e. The summed E-state index contributed by atoms with van der Waals surface area (Å²) < 4.78 is 0. The Labute approximate surface area is 100 Å². The Hall–Kier alpha value is -0.120. The fourth-order valence-corrected chi connectivity index (χ4v) is 3.11. The molecule has 0 aromatic carbocycles. The second kappa shape index (κ2) is 5.99. The molecule has 1 unspecified atom stereocenters. The summed E-state index contributed by atoms with van der Waals surface area (Å²) in [5.74, 6) is 0.926. The van der Waals surface area contributed by atoms with E-state index in [1.807, 2.05) is 0 Å². The van der Waals surface area contributed by atoms with Crippen LogP contribution in [0.1, 0.15) is 32.1 Å². The van der Waals surface area contributed by atoms with Gasteiger partial charge in [-0.3, -0.25) is 4.90 Å². The van der Waals surface area contributed by atoms with Crippen LogP contribution in [0.4, 0.5) is 0 Å². The molecule has 2 heterocycles. The molecule has 94 valence electrons. The molecular formula is C13H27N3. The van der Waals surface area contributed by atoms with Gasteiger partial charge in [-0.2, -0.15) is 0 Å². The van der Waals surface area contributed by atoms with Gasteiger partial charge in [0.05, 0.1) is 6.17 Å². The van der Waals surface area contributed by atoms with Gasteiger partial charge < -0.3 is 10.2 Å². The van der Waals surface area contributed by atoms with E-state index in [0.29, 0.717) is 6.17 Å². The van der Waals surface area contributed by atoms with Crippen LogP contribution in [0.2, 0.25) is 0 Å². The molecule has 0 radical (unpaired) electrons. The van der Waals surface area contributed by atoms with Crippen LogP contribution < -0.4 is 5.32 Å². The second-order valence-corrected chi connectivity index (χ2v) is 5.71. The minimum atomic E-state index is 0.689. The van der Waals surface area contributed by atoms with Crippen LogP contribution in [-0.2, 0) is 0 Å². The number of hydrogen-bond acceptors (Lipinski definition) is 3. The van der Waals surface area contributed by atoms with Crippen LogP contribution in [0, 0.1) is 5.92 Å². The molecule has 0 bridgehead atoms. The largest absolute Gasteiger partial charge is 0.309 e. The van der Waals surface area contributed by atoms with Crippen LogP contribution in [0.5, 0.6) is 0 Å². The molecule has 0 aliphatic carbocycles. The first-order valence-electron chi connectivity index (χ1n) is 6.88. The average molecular weight is 225 g/mol. The summed E-state index contributed by atoms with van der Waals surface area (Å²) in [6.07, 6.45) is 7.60. The van der Waals surface area contributed by atoms with Crippen LogP contribution in [0.15, 0.2) is 0 Å². The highest BCUT2D eigenvalue weighted by atomic mass is 15.3. The zero-order valence-corrected chi connectivity index (χ0v) is 10.9. The van der Waals surface area contributed by atoms with Crippen LogP contribution >= 0.6 is 0 Å². The van der Waals surface area contributed by atoms with E-state index in [0.717, 1.165) is 5.92 Å². The van der Waals surface area contributed by atoms with Crippen LogP contribution in [-0.4, -0.2) is 56.2 Å². The Balaban J connectivity index is 1.71. The Morgan fingerprint density at radius 3 is 2.44 bits per heavy atom. The lowest BCUT2D eigenvalue weighted by molar-refractivity contribution is 0.0856. The van der Waals surface area contributed by atoms with Crippen molar-refractivity contribution >= 4 is 0 Å². The van der Waals surface area contributed by atoms with E-state index in [-0.39, 0.29) is 0 Å². The SMILES string of the molecule is CN(C)CC1CCN(C2CCCCN2)CC1. The zero-order valence-electron chi connectivity index (χ0n) is 10.9. The van der Waals surface area contributed by atoms with Gasteiger partial charge in [0, 0.05) is 6.54 Å². The summed E-state index contributed by atoms with van der Waals surface area (Å²) in [5, 5.41) is 3.66. The van der Waals surface area contributed by atoms with Crippen molar-refractivity contribution in [1.29, 1.82) is 0 Å². The topological polar surface area (TPSA) is 18.5 Å². The first-order valence-corrected chi connectivity index (χ1v) is 6.88. The van der Waals surface area contributed by atoms with Crippen molar-refractivity contribution in [1.82, 2.24) is 15.1 Å². The van der Waals surface area contributed by atoms with Crippen molar-refractivity contribution < 1.29 is 0 Å². The summed E-state index contributed by atoms with van der Waals surface area (Å²) in [6, 6.07) is 0. The maximum absolute atomic E-state index is 3.66. The van der Waals surface area contributed by atoms with E-state index in [4.69, 9.17) is 0 Å². The van der Waals surface area contributed by atoms with Crippen LogP contribution in [0.25, 0.3) is 0 Å². The molecular weight excluding hydrogens is 198 g/mol. The van der Waals surface area contributed by atoms with Gasteiger partial charge in [0.25, 0.3) is 0 Å². The maximum atomic E-state index is 3.66. The molecule has 16 heavy (non-hydrogen) atoms. The zero-order chi connectivity index (χ0) is 11.4. The monoisotopic (exact) mass is 225 g/mol. The number of rotatable bonds is 3. The highest BCUT2D eigenvalue weighted by Gasteiger charge is 2.25. The lowest BCUT2D eigenvalue weighted by Crippen LogP contribution is -2.51. The van der Waals surface area contributed by atoms with E-state index in [1.54, 1.807) is 0 Å². The average Bonchev–Trinajstić information content (AvgIpc) is 2.30. The Morgan fingerprint density at radius 1 is 1.12 bits per heavy atom. The van der Waals surface area contributed by atoms with Gasteiger partial charge >= 0.3 is 0 Å². The normalized spacial score (nSPS) is 29.8. The Morgan fingerprint density at radius 2 is 1.88 bits per heavy atom. The van der Waals surface area contributed by atoms with Gasteiger partial charge in [-0.25, -0.2) is 0 Å². The molecule has 2 aliphatic rings. The first kappa shape index (κ1) is 12.3. The minimum absolute atomic E-state index is 0.689. The number of likely N-dealkylation sites (tertiary alicyclic amines) is 1. The van der Waals surface area contributed by atoms with E-state index in [9.17, 15) is 0 Å². The molecule has 2 rings (SSSR count). The summed E-state index contributed by atoms with van der Waals surface area (Å²) in [5.41, 5.74) is 0. The van der Waals surface area contributed by atoms with Crippen molar-refractivity contribution in [3.8, 4) is 0 Å². The standard InChI is InChI=1S/C13H27N3/c1-15(2)11-12-6-9-16(10-7-12)13-5-3-4-8-14-13/h12-14H,3-11H2,1-2H3. The number of piperidine rings is 2. The highest BCUT2D eigenvalue weighted by molar-refractivity contribution is 4.80. The van der Waals surface area contributed by atoms with E-state index in [2.05, 4.69) is 29.2 Å². The van der Waals surface area contributed by atoms with Gasteiger partial charge in [-0.05, 0) is 71.8 Å². The van der Waals surface area contributed by atoms with Crippen molar-refractivity contribution in [3.05, 3.63) is 0 Å². The van der Waals surface area contributed by atoms with E-state index < -0.39 is 0 Å². The molecule has 3 heteroatoms. The molecule has 0 aromatic rings. The van der Waals surface area contributed by atoms with Crippen LogP contribution in [0.3, 0.4) is 0 Å². The third-order valence-corrected chi connectivity index (χ3v) is 4.00. The molecule has 2 aliphatic heterocycles. The van der Waals surface area contributed by atoms with Gasteiger partial charge in [0.2, 0.25) is 0 Å². The second-order valence-electron chi connectivity index (χ2n) is 5.71. The van der Waals surface area contributed by atoms with Crippen molar-refractivity contribution in [2.24, 2.45) is 5.92 Å².